The van der Waals surface area contributed by atoms with E-state index in [4.69, 9.17) is 9.47 Å². The van der Waals surface area contributed by atoms with Gasteiger partial charge in [0.05, 0.1) is 0 Å². The zero-order chi connectivity index (χ0) is 13.0. The largest absolute Gasteiger partial charge is 0.459 e. The van der Waals surface area contributed by atoms with Gasteiger partial charge in [-0.05, 0) is 12.8 Å². The number of ether oxygens (including phenoxy) is 2. The highest BCUT2D eigenvalue weighted by Crippen LogP contribution is 2.27. The van der Waals surface area contributed by atoms with Gasteiger partial charge in [0.25, 0.3) is 0 Å². The van der Waals surface area contributed by atoms with Gasteiger partial charge < -0.3 is 9.47 Å². The third-order valence-electron chi connectivity index (χ3n) is 2.48. The van der Waals surface area contributed by atoms with Crippen molar-refractivity contribution in [3.05, 3.63) is 24.5 Å². The Balaban J connectivity index is 2.49. The summed E-state index contributed by atoms with van der Waals surface area (Å²) in [5.74, 6) is -0.520. The van der Waals surface area contributed by atoms with E-state index in [0.29, 0.717) is 12.2 Å². The first-order chi connectivity index (χ1) is 7.90. The maximum atomic E-state index is 11.4. The van der Waals surface area contributed by atoms with Gasteiger partial charge in [0.15, 0.2) is 0 Å². The molecular weight excluding hydrogens is 220 g/mol. The van der Waals surface area contributed by atoms with Crippen LogP contribution < -0.4 is 0 Å². The highest BCUT2D eigenvalue weighted by atomic mass is 16.6. The van der Waals surface area contributed by atoms with Crippen LogP contribution in [0.25, 0.3) is 0 Å². The first-order valence-corrected chi connectivity index (χ1v) is 5.68. The van der Waals surface area contributed by atoms with E-state index in [0.717, 1.165) is 0 Å². The molecule has 1 aliphatic rings. The Bertz CT molecular complexity index is 354. The van der Waals surface area contributed by atoms with Crippen LogP contribution in [0.1, 0.15) is 27.2 Å². The van der Waals surface area contributed by atoms with Gasteiger partial charge >= 0.3 is 11.9 Å². The van der Waals surface area contributed by atoms with E-state index in [9.17, 15) is 9.59 Å². The molecule has 2 unspecified atom stereocenters. The number of rotatable bonds is 4. The molecule has 94 valence electrons. The van der Waals surface area contributed by atoms with Gasteiger partial charge in [-0.15, -0.1) is 0 Å². The van der Waals surface area contributed by atoms with Crippen molar-refractivity contribution in [2.45, 2.75) is 33.3 Å². The molecule has 0 amide bonds. The summed E-state index contributed by atoms with van der Waals surface area (Å²) in [6, 6.07) is 0. The van der Waals surface area contributed by atoms with E-state index >= 15 is 0 Å². The average Bonchev–Trinajstić information content (AvgIpc) is 2.55. The summed E-state index contributed by atoms with van der Waals surface area (Å²) in [6.45, 7) is 9.19. The van der Waals surface area contributed by atoms with E-state index in [1.807, 2.05) is 13.8 Å². The van der Waals surface area contributed by atoms with Gasteiger partial charge in [-0.2, -0.15) is 0 Å². The van der Waals surface area contributed by atoms with Crippen LogP contribution in [0.2, 0.25) is 0 Å². The predicted octanol–water partition coefficient (Wildman–Crippen LogP) is 2.21. The van der Waals surface area contributed by atoms with E-state index in [-0.39, 0.29) is 11.9 Å². The monoisotopic (exact) mass is 238 g/mol. The van der Waals surface area contributed by atoms with E-state index < -0.39 is 18.0 Å². The van der Waals surface area contributed by atoms with E-state index in [1.54, 1.807) is 13.0 Å². The molecule has 1 saturated heterocycles. The maximum Gasteiger partial charge on any atom is 0.330 e. The summed E-state index contributed by atoms with van der Waals surface area (Å²) in [5, 5.41) is 0. The van der Waals surface area contributed by atoms with Gasteiger partial charge in [-0.25, -0.2) is 4.79 Å². The quantitative estimate of drug-likeness (QED) is 0.556. The van der Waals surface area contributed by atoms with Crippen LogP contribution in [-0.4, -0.2) is 18.0 Å². The van der Waals surface area contributed by atoms with Crippen LogP contribution in [0.3, 0.4) is 0 Å². The van der Waals surface area contributed by atoms with Gasteiger partial charge in [0.1, 0.15) is 17.8 Å². The Morgan fingerprint density at radius 1 is 1.53 bits per heavy atom. The fourth-order valence-corrected chi connectivity index (χ4v) is 1.52. The zero-order valence-electron chi connectivity index (χ0n) is 10.4. The predicted molar refractivity (Wildman–Crippen MR) is 62.9 cm³/mol. The van der Waals surface area contributed by atoms with Crippen molar-refractivity contribution in [1.82, 2.24) is 0 Å². The summed E-state index contributed by atoms with van der Waals surface area (Å²) in [6.07, 6.45) is 3.06. The van der Waals surface area contributed by atoms with Crippen molar-refractivity contribution in [3.8, 4) is 0 Å². The Kier molecular flexibility index (Phi) is 4.49. The Hall–Kier alpha value is -1.58. The maximum absolute atomic E-state index is 11.4. The molecule has 4 nitrogen and oxygen atoms in total. The number of hydrogen-bond acceptors (Lipinski definition) is 4. The lowest BCUT2D eigenvalue weighted by Crippen LogP contribution is -2.26. The number of esters is 2. The fraction of sp³-hybridized carbons (Fsp3) is 0.538. The van der Waals surface area contributed by atoms with Crippen LogP contribution in [0.5, 0.6) is 0 Å². The topological polar surface area (TPSA) is 52.6 Å². The second kappa shape index (κ2) is 5.66. The van der Waals surface area contributed by atoms with Crippen molar-refractivity contribution in [2.24, 2.45) is 11.8 Å². The Morgan fingerprint density at radius 3 is 2.65 bits per heavy atom. The Morgan fingerprint density at radius 2 is 2.18 bits per heavy atom. The van der Waals surface area contributed by atoms with Crippen molar-refractivity contribution in [1.29, 1.82) is 0 Å². The molecule has 17 heavy (non-hydrogen) atoms. The molecule has 0 aromatic heterocycles. The SMILES string of the molecule is C=C1CC(C(C)OC(=O)/C=C/C(C)C)C(=O)O1. The molecule has 4 heteroatoms. The third kappa shape index (κ3) is 4.06. The minimum atomic E-state index is -0.494. The highest BCUT2D eigenvalue weighted by Gasteiger charge is 2.36. The number of carbonyl (C=O) groups is 2. The van der Waals surface area contributed by atoms with E-state index in [1.165, 1.54) is 6.08 Å². The number of carbonyl (C=O) groups excluding carboxylic acids is 2. The average molecular weight is 238 g/mol. The van der Waals surface area contributed by atoms with Crippen molar-refractivity contribution in [3.63, 3.8) is 0 Å². The first-order valence-electron chi connectivity index (χ1n) is 5.68. The molecule has 2 atom stereocenters. The normalized spacial score (nSPS) is 22.0. The standard InChI is InChI=1S/C13H18O4/c1-8(2)5-6-12(14)17-10(4)11-7-9(3)16-13(11)15/h5-6,8,10-11H,3,7H2,1-2,4H3/b6-5+. The summed E-state index contributed by atoms with van der Waals surface area (Å²) < 4.78 is 9.97. The van der Waals surface area contributed by atoms with Crippen LogP contribution >= 0.6 is 0 Å². The van der Waals surface area contributed by atoms with Crippen LogP contribution in [0.15, 0.2) is 24.5 Å². The zero-order valence-corrected chi connectivity index (χ0v) is 10.4. The molecule has 0 N–H and O–H groups in total. The Labute approximate surface area is 101 Å². The van der Waals surface area contributed by atoms with Crippen molar-refractivity contribution < 1.29 is 19.1 Å². The lowest BCUT2D eigenvalue weighted by atomic mass is 10.0. The molecule has 1 fully saturated rings. The van der Waals surface area contributed by atoms with Crippen molar-refractivity contribution in [2.75, 3.05) is 0 Å². The minimum Gasteiger partial charge on any atom is -0.459 e. The smallest absolute Gasteiger partial charge is 0.330 e. The van der Waals surface area contributed by atoms with Gasteiger partial charge in [-0.3, -0.25) is 4.79 Å². The minimum absolute atomic E-state index is 0.286. The van der Waals surface area contributed by atoms with Gasteiger partial charge in [-0.1, -0.05) is 26.5 Å². The molecule has 1 heterocycles. The third-order valence-corrected chi connectivity index (χ3v) is 2.48. The molecule has 0 bridgehead atoms. The summed E-state index contributed by atoms with van der Waals surface area (Å²) in [7, 11) is 0. The van der Waals surface area contributed by atoms with Crippen LogP contribution in [0, 0.1) is 11.8 Å². The molecule has 0 spiro atoms. The van der Waals surface area contributed by atoms with Gasteiger partial charge in [0.2, 0.25) is 0 Å². The first kappa shape index (κ1) is 13.5. The van der Waals surface area contributed by atoms with Gasteiger partial charge in [0, 0.05) is 12.5 Å². The summed E-state index contributed by atoms with van der Waals surface area (Å²) >= 11 is 0. The second-order valence-corrected chi connectivity index (χ2v) is 4.52. The molecule has 0 aliphatic carbocycles. The summed E-state index contributed by atoms with van der Waals surface area (Å²) in [4.78, 5) is 22.8. The highest BCUT2D eigenvalue weighted by molar-refractivity contribution is 5.83. The summed E-state index contributed by atoms with van der Waals surface area (Å²) in [5.41, 5.74) is 0. The fourth-order valence-electron chi connectivity index (χ4n) is 1.52. The lowest BCUT2D eigenvalue weighted by Gasteiger charge is -2.15. The molecule has 0 radical (unpaired) electrons. The number of cyclic esters (lactones) is 1. The molecule has 1 aliphatic heterocycles. The number of hydrogen-bond donors (Lipinski definition) is 0. The molecule has 0 saturated carbocycles. The van der Waals surface area contributed by atoms with Crippen molar-refractivity contribution >= 4 is 11.9 Å². The van der Waals surface area contributed by atoms with E-state index in [2.05, 4.69) is 6.58 Å². The second-order valence-electron chi connectivity index (χ2n) is 4.52. The van der Waals surface area contributed by atoms with Crippen LogP contribution in [-0.2, 0) is 19.1 Å². The molecule has 0 aromatic rings. The molecular formula is C13H18O4. The van der Waals surface area contributed by atoms with Crippen LogP contribution in [0.4, 0.5) is 0 Å². The molecule has 1 rings (SSSR count). The lowest BCUT2D eigenvalue weighted by molar-refractivity contribution is -0.150. The number of allylic oxidation sites excluding steroid dienone is 2. The molecule has 0 aromatic carbocycles.